The van der Waals surface area contributed by atoms with Gasteiger partial charge in [0.1, 0.15) is 5.60 Å². The molecular formula is C16H23F3N2O2. The number of ether oxygens (including phenoxy) is 1. The Morgan fingerprint density at radius 1 is 1.17 bits per heavy atom. The van der Waals surface area contributed by atoms with Crippen LogP contribution >= 0.6 is 0 Å². The second kappa shape index (κ2) is 7.68. The van der Waals surface area contributed by atoms with Gasteiger partial charge >= 0.3 is 12.3 Å². The van der Waals surface area contributed by atoms with E-state index in [1.165, 1.54) is 12.1 Å². The number of amides is 1. The van der Waals surface area contributed by atoms with E-state index < -0.39 is 23.4 Å². The molecule has 0 spiro atoms. The van der Waals surface area contributed by atoms with Crippen LogP contribution in [-0.4, -0.2) is 24.3 Å². The fourth-order valence-electron chi connectivity index (χ4n) is 1.73. The standard InChI is InChI=1S/C16H23F3N2O2/c1-11(9-21-14(22)23-15(2,3)4)20-10-12-5-7-13(8-6-12)16(17,18)19/h5-8,11,20H,9-10H2,1-4H3,(H,21,22). The van der Waals surface area contributed by atoms with Crippen LogP contribution in [0.3, 0.4) is 0 Å². The van der Waals surface area contributed by atoms with Crippen molar-refractivity contribution in [2.45, 2.75) is 52.1 Å². The van der Waals surface area contributed by atoms with Crippen LogP contribution < -0.4 is 10.6 Å². The maximum Gasteiger partial charge on any atom is 0.416 e. The fourth-order valence-corrected chi connectivity index (χ4v) is 1.73. The molecule has 0 saturated heterocycles. The van der Waals surface area contributed by atoms with E-state index in [1.807, 2.05) is 6.92 Å². The van der Waals surface area contributed by atoms with Crippen molar-refractivity contribution in [3.05, 3.63) is 35.4 Å². The van der Waals surface area contributed by atoms with E-state index in [2.05, 4.69) is 10.6 Å². The molecule has 1 rings (SSSR count). The summed E-state index contributed by atoms with van der Waals surface area (Å²) < 4.78 is 42.5. The van der Waals surface area contributed by atoms with E-state index in [4.69, 9.17) is 4.74 Å². The van der Waals surface area contributed by atoms with E-state index in [1.54, 1.807) is 20.8 Å². The van der Waals surface area contributed by atoms with Crippen LogP contribution in [0.1, 0.15) is 38.8 Å². The summed E-state index contributed by atoms with van der Waals surface area (Å²) in [4.78, 5) is 11.5. The van der Waals surface area contributed by atoms with Crippen molar-refractivity contribution in [1.82, 2.24) is 10.6 Å². The van der Waals surface area contributed by atoms with Gasteiger partial charge in [0, 0.05) is 19.1 Å². The minimum absolute atomic E-state index is 0.0511. The molecule has 0 aliphatic rings. The van der Waals surface area contributed by atoms with Gasteiger partial charge in [-0.2, -0.15) is 13.2 Å². The lowest BCUT2D eigenvalue weighted by Crippen LogP contribution is -2.41. The van der Waals surface area contributed by atoms with Crippen LogP contribution in [0, 0.1) is 0 Å². The zero-order valence-corrected chi connectivity index (χ0v) is 13.8. The molecule has 0 bridgehead atoms. The van der Waals surface area contributed by atoms with Crippen LogP contribution in [0.25, 0.3) is 0 Å². The summed E-state index contributed by atoms with van der Waals surface area (Å²) in [6.07, 6.45) is -4.82. The average Bonchev–Trinajstić information content (AvgIpc) is 2.40. The van der Waals surface area contributed by atoms with E-state index >= 15 is 0 Å². The molecule has 0 saturated carbocycles. The minimum Gasteiger partial charge on any atom is -0.444 e. The fraction of sp³-hybridized carbons (Fsp3) is 0.562. The normalized spacial score (nSPS) is 13.5. The largest absolute Gasteiger partial charge is 0.444 e. The van der Waals surface area contributed by atoms with Gasteiger partial charge in [-0.25, -0.2) is 4.79 Å². The summed E-state index contributed by atoms with van der Waals surface area (Å²) in [5, 5.41) is 5.76. The monoisotopic (exact) mass is 332 g/mol. The Kier molecular flexibility index (Phi) is 6.44. The number of halogens is 3. The number of benzene rings is 1. The molecule has 130 valence electrons. The third-order valence-electron chi connectivity index (χ3n) is 2.89. The van der Waals surface area contributed by atoms with E-state index in [-0.39, 0.29) is 6.04 Å². The number of carbonyl (C=O) groups is 1. The Bertz CT molecular complexity index is 508. The molecule has 7 heteroatoms. The molecule has 0 aromatic heterocycles. The number of hydrogen-bond acceptors (Lipinski definition) is 3. The maximum absolute atomic E-state index is 12.5. The molecule has 1 amide bonds. The highest BCUT2D eigenvalue weighted by Gasteiger charge is 2.29. The van der Waals surface area contributed by atoms with Crippen LogP contribution in [0.4, 0.5) is 18.0 Å². The van der Waals surface area contributed by atoms with Crippen molar-refractivity contribution in [2.24, 2.45) is 0 Å². The molecular weight excluding hydrogens is 309 g/mol. The van der Waals surface area contributed by atoms with Crippen LogP contribution in [0.15, 0.2) is 24.3 Å². The number of alkyl halides is 3. The van der Waals surface area contributed by atoms with Gasteiger partial charge in [0.2, 0.25) is 0 Å². The molecule has 23 heavy (non-hydrogen) atoms. The van der Waals surface area contributed by atoms with Gasteiger partial charge < -0.3 is 15.4 Å². The predicted octanol–water partition coefficient (Wildman–Crippen LogP) is 3.71. The summed E-state index contributed by atoms with van der Waals surface area (Å²) in [6.45, 7) is 7.96. The first-order valence-electron chi connectivity index (χ1n) is 7.34. The van der Waals surface area contributed by atoms with Gasteiger partial charge in [-0.05, 0) is 45.4 Å². The van der Waals surface area contributed by atoms with Crippen molar-refractivity contribution >= 4 is 6.09 Å². The van der Waals surface area contributed by atoms with Crippen molar-refractivity contribution < 1.29 is 22.7 Å². The van der Waals surface area contributed by atoms with Gasteiger partial charge in [-0.1, -0.05) is 12.1 Å². The Labute approximate surface area is 134 Å². The van der Waals surface area contributed by atoms with Crippen molar-refractivity contribution in [3.8, 4) is 0 Å². The maximum atomic E-state index is 12.5. The molecule has 0 aliphatic carbocycles. The highest BCUT2D eigenvalue weighted by molar-refractivity contribution is 5.67. The average molecular weight is 332 g/mol. The molecule has 1 aromatic carbocycles. The molecule has 2 N–H and O–H groups in total. The minimum atomic E-state index is -4.32. The van der Waals surface area contributed by atoms with Crippen molar-refractivity contribution in [2.75, 3.05) is 6.54 Å². The van der Waals surface area contributed by atoms with Gasteiger partial charge in [-0.3, -0.25) is 0 Å². The van der Waals surface area contributed by atoms with Crippen LogP contribution in [-0.2, 0) is 17.5 Å². The molecule has 4 nitrogen and oxygen atoms in total. The van der Waals surface area contributed by atoms with E-state index in [0.29, 0.717) is 13.1 Å². The second-order valence-corrected chi connectivity index (χ2v) is 6.36. The van der Waals surface area contributed by atoms with E-state index in [9.17, 15) is 18.0 Å². The second-order valence-electron chi connectivity index (χ2n) is 6.36. The highest BCUT2D eigenvalue weighted by Crippen LogP contribution is 2.29. The summed E-state index contributed by atoms with van der Waals surface area (Å²) in [6, 6.07) is 4.93. The van der Waals surface area contributed by atoms with Crippen molar-refractivity contribution in [1.29, 1.82) is 0 Å². The molecule has 1 unspecified atom stereocenters. The lowest BCUT2D eigenvalue weighted by Gasteiger charge is -2.21. The molecule has 1 atom stereocenters. The van der Waals surface area contributed by atoms with Gasteiger partial charge in [-0.15, -0.1) is 0 Å². The predicted molar refractivity (Wildman–Crippen MR) is 82.0 cm³/mol. The summed E-state index contributed by atoms with van der Waals surface area (Å²) in [5.41, 5.74) is -0.482. The van der Waals surface area contributed by atoms with Gasteiger partial charge in [0.25, 0.3) is 0 Å². The number of carbonyl (C=O) groups excluding carboxylic acids is 1. The zero-order chi connectivity index (χ0) is 17.7. The van der Waals surface area contributed by atoms with Crippen LogP contribution in [0.2, 0.25) is 0 Å². The molecule has 0 radical (unpaired) electrons. The summed E-state index contributed by atoms with van der Waals surface area (Å²) >= 11 is 0. The molecule has 1 aromatic rings. The number of rotatable bonds is 5. The lowest BCUT2D eigenvalue weighted by atomic mass is 10.1. The third kappa shape index (κ3) is 7.88. The Balaban J connectivity index is 2.36. The highest BCUT2D eigenvalue weighted by atomic mass is 19.4. The first-order valence-corrected chi connectivity index (χ1v) is 7.34. The Morgan fingerprint density at radius 2 is 1.74 bits per heavy atom. The Hall–Kier alpha value is -1.76. The third-order valence-corrected chi connectivity index (χ3v) is 2.89. The first-order chi connectivity index (χ1) is 10.5. The summed E-state index contributed by atoms with van der Waals surface area (Å²) in [7, 11) is 0. The van der Waals surface area contributed by atoms with Gasteiger partial charge in [0.05, 0.1) is 5.56 Å². The molecule has 0 fully saturated rings. The topological polar surface area (TPSA) is 50.4 Å². The smallest absolute Gasteiger partial charge is 0.416 e. The number of alkyl carbamates (subject to hydrolysis) is 1. The quantitative estimate of drug-likeness (QED) is 0.864. The summed E-state index contributed by atoms with van der Waals surface area (Å²) in [5.74, 6) is 0. The van der Waals surface area contributed by atoms with Gasteiger partial charge in [0.15, 0.2) is 0 Å². The SMILES string of the molecule is CC(CNC(=O)OC(C)(C)C)NCc1ccc(C(F)(F)F)cc1. The lowest BCUT2D eigenvalue weighted by molar-refractivity contribution is -0.137. The Morgan fingerprint density at radius 3 is 2.22 bits per heavy atom. The first kappa shape index (κ1) is 19.3. The van der Waals surface area contributed by atoms with E-state index in [0.717, 1.165) is 17.7 Å². The number of nitrogens with one attached hydrogen (secondary N) is 2. The molecule has 0 aliphatic heterocycles. The molecule has 0 heterocycles. The zero-order valence-electron chi connectivity index (χ0n) is 13.8. The van der Waals surface area contributed by atoms with Crippen molar-refractivity contribution in [3.63, 3.8) is 0 Å². The van der Waals surface area contributed by atoms with Crippen LogP contribution in [0.5, 0.6) is 0 Å². The number of hydrogen-bond donors (Lipinski definition) is 2.